The van der Waals surface area contributed by atoms with Crippen molar-refractivity contribution in [3.8, 4) is 0 Å². The second-order valence-electron chi connectivity index (χ2n) is 18.3. The molecule has 6 nitrogen and oxygen atoms in total. The fourth-order valence-corrected chi connectivity index (χ4v) is 7.93. The fourth-order valence-electron chi connectivity index (χ4n) is 7.93. The Kier molecular flexibility index (Phi) is 48.6. The van der Waals surface area contributed by atoms with Gasteiger partial charge in [-0.15, -0.1) is 0 Å². The molecule has 0 aliphatic heterocycles. The van der Waals surface area contributed by atoms with Crippen LogP contribution in [0.2, 0.25) is 0 Å². The smallest absolute Gasteiger partial charge is 0.306 e. The van der Waals surface area contributed by atoms with Gasteiger partial charge in [-0.25, -0.2) is 0 Å². The maximum absolute atomic E-state index is 13.2. The minimum Gasteiger partial charge on any atom is -0.461 e. The molecule has 3 unspecified atom stereocenters. The molecule has 0 saturated heterocycles. The normalized spacial score (nSPS) is 13.7. The summed E-state index contributed by atoms with van der Waals surface area (Å²) in [7, 11) is 0. The Labute approximate surface area is 390 Å². The molecule has 3 atom stereocenters. The molecule has 1 amide bonds. The Morgan fingerprint density at radius 1 is 0.476 bits per heavy atom. The number of carbonyl (C=O) groups excluding carboxylic acids is 2. The quantitative estimate of drug-likeness (QED) is 0.0321. The van der Waals surface area contributed by atoms with Gasteiger partial charge in [0.25, 0.3) is 0 Å². The zero-order valence-electron chi connectivity index (χ0n) is 41.7. The van der Waals surface area contributed by atoms with Crippen molar-refractivity contribution in [2.24, 2.45) is 0 Å². The van der Waals surface area contributed by atoms with Gasteiger partial charge in [0.1, 0.15) is 6.10 Å². The molecule has 0 spiro atoms. The summed E-state index contributed by atoms with van der Waals surface area (Å²) in [6.07, 6.45) is 63.0. The van der Waals surface area contributed by atoms with E-state index in [4.69, 9.17) is 4.74 Å². The fraction of sp³-hybridized carbons (Fsp3) is 0.789. The van der Waals surface area contributed by atoms with E-state index in [1.165, 1.54) is 161 Å². The lowest BCUT2D eigenvalue weighted by atomic mass is 10.0. The minimum absolute atomic E-state index is 0.000715. The Morgan fingerprint density at radius 2 is 0.841 bits per heavy atom. The number of allylic oxidation sites excluding steroid dienone is 9. The van der Waals surface area contributed by atoms with E-state index >= 15 is 0 Å². The van der Waals surface area contributed by atoms with E-state index < -0.39 is 18.2 Å². The molecule has 0 aromatic heterocycles. The number of aliphatic hydroxyl groups is 2. The first-order valence-corrected chi connectivity index (χ1v) is 27.0. The van der Waals surface area contributed by atoms with Gasteiger partial charge >= 0.3 is 5.97 Å². The Hall–Kier alpha value is -2.44. The van der Waals surface area contributed by atoms with E-state index in [2.05, 4.69) is 80.8 Å². The SMILES string of the molecule is CCCCC/C=C\C/C=C\C/C=C\C/C=C\CC(CC(=O)NC(CO)C(O)CCCCCCCCCCCC)OC(=O)CCCCCCCCCCC/C=C/CCCCCCCC. The predicted octanol–water partition coefficient (Wildman–Crippen LogP) is 16.4. The van der Waals surface area contributed by atoms with Crippen LogP contribution >= 0.6 is 0 Å². The lowest BCUT2D eigenvalue weighted by Crippen LogP contribution is -2.46. The molecule has 63 heavy (non-hydrogen) atoms. The van der Waals surface area contributed by atoms with Crippen LogP contribution in [0.3, 0.4) is 0 Å². The van der Waals surface area contributed by atoms with Gasteiger partial charge in [-0.3, -0.25) is 9.59 Å². The third-order valence-corrected chi connectivity index (χ3v) is 12.1. The van der Waals surface area contributed by atoms with Crippen molar-refractivity contribution < 1.29 is 24.5 Å². The van der Waals surface area contributed by atoms with Crippen molar-refractivity contribution in [2.45, 2.75) is 283 Å². The second kappa shape index (κ2) is 50.6. The number of nitrogens with one attached hydrogen (secondary N) is 1. The summed E-state index contributed by atoms with van der Waals surface area (Å²) in [6.45, 7) is 6.42. The summed E-state index contributed by atoms with van der Waals surface area (Å²) in [5.74, 6) is -0.575. The van der Waals surface area contributed by atoms with Crippen LogP contribution in [-0.2, 0) is 14.3 Å². The molecule has 0 radical (unpaired) electrons. The molecule has 0 heterocycles. The van der Waals surface area contributed by atoms with Crippen molar-refractivity contribution >= 4 is 11.9 Å². The Balaban J connectivity index is 4.64. The van der Waals surface area contributed by atoms with Crippen LogP contribution in [-0.4, -0.2) is 46.9 Å². The van der Waals surface area contributed by atoms with E-state index in [0.717, 1.165) is 57.8 Å². The number of esters is 1. The summed E-state index contributed by atoms with van der Waals surface area (Å²) in [5, 5.41) is 23.7. The molecule has 0 aliphatic carbocycles. The van der Waals surface area contributed by atoms with Crippen LogP contribution < -0.4 is 5.32 Å². The van der Waals surface area contributed by atoms with Crippen LogP contribution in [0.5, 0.6) is 0 Å². The highest BCUT2D eigenvalue weighted by molar-refractivity contribution is 5.77. The molecule has 0 bridgehead atoms. The Bertz CT molecular complexity index is 1130. The van der Waals surface area contributed by atoms with Crippen LogP contribution in [0.1, 0.15) is 265 Å². The van der Waals surface area contributed by atoms with Crippen molar-refractivity contribution in [2.75, 3.05) is 6.61 Å². The third-order valence-electron chi connectivity index (χ3n) is 12.1. The number of rotatable bonds is 48. The highest BCUT2D eigenvalue weighted by Gasteiger charge is 2.23. The first-order chi connectivity index (χ1) is 31.0. The third kappa shape index (κ3) is 45.9. The average molecular weight is 882 g/mol. The molecule has 0 fully saturated rings. The standard InChI is InChI=1S/C57H103NO5/c1-4-7-10-13-16-19-22-24-26-27-28-29-31-33-35-38-41-44-47-50-57(62)63-53(48-45-42-39-36-34-32-30-25-23-20-17-14-11-8-5-2)51-56(61)58-54(52-59)55(60)49-46-43-40-37-21-18-15-12-9-6-3/h17,20,24-26,30,34,36,42,45,53-55,59-60H,4-16,18-19,21-23,27-29,31-33,35,37-41,43-44,46-52H2,1-3H3,(H,58,61)/b20-17-,26-24+,30-25-,36-34-,45-42-. The molecule has 0 rings (SSSR count). The number of hydrogen-bond acceptors (Lipinski definition) is 5. The first kappa shape index (κ1) is 60.6. The second-order valence-corrected chi connectivity index (χ2v) is 18.3. The molecule has 3 N–H and O–H groups in total. The summed E-state index contributed by atoms with van der Waals surface area (Å²) in [6, 6.07) is -0.731. The number of amides is 1. The predicted molar refractivity (Wildman–Crippen MR) is 273 cm³/mol. The van der Waals surface area contributed by atoms with E-state index in [-0.39, 0.29) is 24.9 Å². The van der Waals surface area contributed by atoms with Gasteiger partial charge in [0.05, 0.1) is 25.2 Å². The number of hydrogen-bond donors (Lipinski definition) is 3. The van der Waals surface area contributed by atoms with Gasteiger partial charge in [0, 0.05) is 12.8 Å². The largest absolute Gasteiger partial charge is 0.461 e. The highest BCUT2D eigenvalue weighted by Crippen LogP contribution is 2.16. The van der Waals surface area contributed by atoms with Crippen LogP contribution in [0.25, 0.3) is 0 Å². The monoisotopic (exact) mass is 882 g/mol. The molecule has 0 saturated carbocycles. The number of unbranched alkanes of at least 4 members (excludes halogenated alkanes) is 27. The molecule has 366 valence electrons. The maximum Gasteiger partial charge on any atom is 0.306 e. The molecule has 0 aromatic rings. The molecule has 6 heteroatoms. The van der Waals surface area contributed by atoms with Crippen molar-refractivity contribution in [3.63, 3.8) is 0 Å². The van der Waals surface area contributed by atoms with Crippen molar-refractivity contribution in [1.29, 1.82) is 0 Å². The summed E-state index contributed by atoms with van der Waals surface area (Å²) in [4.78, 5) is 26.1. The zero-order chi connectivity index (χ0) is 45.9. The van der Waals surface area contributed by atoms with E-state index in [1.54, 1.807) is 0 Å². The summed E-state index contributed by atoms with van der Waals surface area (Å²) >= 11 is 0. The highest BCUT2D eigenvalue weighted by atomic mass is 16.5. The van der Waals surface area contributed by atoms with Gasteiger partial charge in [0.2, 0.25) is 5.91 Å². The lowest BCUT2D eigenvalue weighted by Gasteiger charge is -2.24. The lowest BCUT2D eigenvalue weighted by molar-refractivity contribution is -0.150. The van der Waals surface area contributed by atoms with E-state index in [9.17, 15) is 19.8 Å². The van der Waals surface area contributed by atoms with E-state index in [1.807, 2.05) is 6.08 Å². The molecular weight excluding hydrogens is 779 g/mol. The van der Waals surface area contributed by atoms with Crippen molar-refractivity contribution in [3.05, 3.63) is 60.8 Å². The van der Waals surface area contributed by atoms with Gasteiger partial charge in [-0.2, -0.15) is 0 Å². The zero-order valence-corrected chi connectivity index (χ0v) is 41.7. The Morgan fingerprint density at radius 3 is 1.32 bits per heavy atom. The average Bonchev–Trinajstić information content (AvgIpc) is 3.28. The summed E-state index contributed by atoms with van der Waals surface area (Å²) < 4.78 is 5.88. The van der Waals surface area contributed by atoms with Gasteiger partial charge in [0.15, 0.2) is 0 Å². The molecular formula is C57H103NO5. The first-order valence-electron chi connectivity index (χ1n) is 27.0. The van der Waals surface area contributed by atoms with Crippen LogP contribution in [0, 0.1) is 0 Å². The van der Waals surface area contributed by atoms with E-state index in [0.29, 0.717) is 19.3 Å². The molecule has 0 aromatic carbocycles. The number of carbonyl (C=O) groups is 2. The minimum atomic E-state index is -0.811. The van der Waals surface area contributed by atoms with Crippen molar-refractivity contribution in [1.82, 2.24) is 5.32 Å². The van der Waals surface area contributed by atoms with Gasteiger partial charge < -0.3 is 20.3 Å². The van der Waals surface area contributed by atoms with Crippen LogP contribution in [0.4, 0.5) is 0 Å². The number of ether oxygens (including phenoxy) is 1. The summed E-state index contributed by atoms with van der Waals surface area (Å²) in [5.41, 5.74) is 0. The van der Waals surface area contributed by atoms with Gasteiger partial charge in [-0.05, 0) is 70.6 Å². The van der Waals surface area contributed by atoms with Crippen LogP contribution in [0.15, 0.2) is 60.8 Å². The maximum atomic E-state index is 13.2. The van der Waals surface area contributed by atoms with Gasteiger partial charge in [-0.1, -0.05) is 236 Å². The topological polar surface area (TPSA) is 95.9 Å². The molecule has 0 aliphatic rings. The number of aliphatic hydroxyl groups excluding tert-OH is 2.